The van der Waals surface area contributed by atoms with Crippen molar-refractivity contribution in [3.63, 3.8) is 0 Å². The first-order valence-corrected chi connectivity index (χ1v) is 9.74. The molecule has 1 aromatic carbocycles. The Balaban J connectivity index is 0.00000280. The van der Waals surface area contributed by atoms with Gasteiger partial charge in [-0.3, -0.25) is 14.7 Å². The number of carbonyl (C=O) groups excluding carboxylic acids is 1. The zero-order valence-corrected chi connectivity index (χ0v) is 17.5. The average Bonchev–Trinajstić information content (AvgIpc) is 2.72. The number of carbonyl (C=O) groups is 1. The first kappa shape index (κ1) is 22.2. The highest BCUT2D eigenvalue weighted by molar-refractivity contribution is 5.85. The SMILES string of the molecule is CC(C)c1ccc(OCC(=O)N2CCN(CCc3ccccn3)CC2)cc1.Cl. The standard InChI is InChI=1S/C22H29N3O2.ClH/c1-18(2)19-6-8-21(9-7-19)27-17-22(26)25-15-13-24(14-16-25)12-10-20-5-3-4-11-23-20;/h3-9,11,18H,10,12-17H2,1-2H3;1H. The molecule has 1 fully saturated rings. The molecule has 2 aromatic rings. The fourth-order valence-electron chi connectivity index (χ4n) is 3.22. The first-order chi connectivity index (χ1) is 13.1. The molecule has 0 bridgehead atoms. The number of hydrogen-bond donors (Lipinski definition) is 0. The molecule has 5 nitrogen and oxygen atoms in total. The Morgan fingerprint density at radius 3 is 2.39 bits per heavy atom. The van der Waals surface area contributed by atoms with E-state index in [-0.39, 0.29) is 24.9 Å². The minimum atomic E-state index is 0. The van der Waals surface area contributed by atoms with Crippen molar-refractivity contribution >= 4 is 18.3 Å². The van der Waals surface area contributed by atoms with E-state index in [4.69, 9.17) is 4.74 Å². The van der Waals surface area contributed by atoms with E-state index in [1.54, 1.807) is 0 Å². The summed E-state index contributed by atoms with van der Waals surface area (Å²) < 4.78 is 5.67. The molecule has 0 N–H and O–H groups in total. The lowest BCUT2D eigenvalue weighted by Gasteiger charge is -2.34. The van der Waals surface area contributed by atoms with Gasteiger partial charge in [-0.25, -0.2) is 0 Å². The van der Waals surface area contributed by atoms with Crippen LogP contribution >= 0.6 is 12.4 Å². The zero-order valence-electron chi connectivity index (χ0n) is 16.7. The van der Waals surface area contributed by atoms with Crippen LogP contribution in [0.3, 0.4) is 0 Å². The lowest BCUT2D eigenvalue weighted by molar-refractivity contribution is -0.135. The fraction of sp³-hybridized carbons (Fsp3) is 0.455. The highest BCUT2D eigenvalue weighted by Crippen LogP contribution is 2.18. The number of amides is 1. The van der Waals surface area contributed by atoms with E-state index in [9.17, 15) is 4.79 Å². The summed E-state index contributed by atoms with van der Waals surface area (Å²) >= 11 is 0. The fourth-order valence-corrected chi connectivity index (χ4v) is 3.22. The Morgan fingerprint density at radius 2 is 1.79 bits per heavy atom. The molecular weight excluding hydrogens is 374 g/mol. The van der Waals surface area contributed by atoms with Gasteiger partial charge in [-0.1, -0.05) is 32.0 Å². The predicted molar refractivity (Wildman–Crippen MR) is 114 cm³/mol. The molecule has 0 atom stereocenters. The maximum Gasteiger partial charge on any atom is 0.260 e. The van der Waals surface area contributed by atoms with Gasteiger partial charge in [0.2, 0.25) is 0 Å². The van der Waals surface area contributed by atoms with Gasteiger partial charge in [-0.05, 0) is 35.7 Å². The van der Waals surface area contributed by atoms with Gasteiger partial charge >= 0.3 is 0 Å². The average molecular weight is 404 g/mol. The highest BCUT2D eigenvalue weighted by Gasteiger charge is 2.21. The Labute approximate surface area is 174 Å². The van der Waals surface area contributed by atoms with Crippen molar-refractivity contribution in [3.8, 4) is 5.75 Å². The van der Waals surface area contributed by atoms with Crippen LogP contribution in [-0.4, -0.2) is 60.0 Å². The summed E-state index contributed by atoms with van der Waals surface area (Å²) in [6, 6.07) is 14.0. The van der Waals surface area contributed by atoms with Crippen molar-refractivity contribution in [1.29, 1.82) is 0 Å². The minimum absolute atomic E-state index is 0. The number of pyridine rings is 1. The largest absolute Gasteiger partial charge is 0.484 e. The van der Waals surface area contributed by atoms with Crippen molar-refractivity contribution in [1.82, 2.24) is 14.8 Å². The molecule has 0 unspecified atom stereocenters. The maximum atomic E-state index is 12.4. The third kappa shape index (κ3) is 6.50. The smallest absolute Gasteiger partial charge is 0.260 e. The van der Waals surface area contributed by atoms with Gasteiger partial charge in [0.05, 0.1) is 0 Å². The van der Waals surface area contributed by atoms with Crippen LogP contribution < -0.4 is 4.74 Å². The Bertz CT molecular complexity index is 714. The molecule has 6 heteroatoms. The molecule has 0 radical (unpaired) electrons. The van der Waals surface area contributed by atoms with Gasteiger partial charge < -0.3 is 9.64 Å². The van der Waals surface area contributed by atoms with Crippen LogP contribution in [0.4, 0.5) is 0 Å². The summed E-state index contributed by atoms with van der Waals surface area (Å²) in [6.45, 7) is 8.74. The molecule has 1 aliphatic heterocycles. The second-order valence-electron chi connectivity index (χ2n) is 7.31. The number of halogens is 1. The number of ether oxygens (including phenoxy) is 1. The summed E-state index contributed by atoms with van der Waals surface area (Å²) in [7, 11) is 0. The number of piperazine rings is 1. The molecule has 1 aromatic heterocycles. The first-order valence-electron chi connectivity index (χ1n) is 9.74. The van der Waals surface area contributed by atoms with Crippen LogP contribution in [0.15, 0.2) is 48.7 Å². The lowest BCUT2D eigenvalue weighted by atomic mass is 10.0. The van der Waals surface area contributed by atoms with E-state index in [2.05, 4.69) is 41.9 Å². The van der Waals surface area contributed by atoms with E-state index in [1.165, 1.54) is 5.56 Å². The summed E-state index contributed by atoms with van der Waals surface area (Å²) in [4.78, 5) is 21.1. The van der Waals surface area contributed by atoms with Gasteiger partial charge in [0.25, 0.3) is 5.91 Å². The molecule has 152 valence electrons. The van der Waals surface area contributed by atoms with E-state index >= 15 is 0 Å². The van der Waals surface area contributed by atoms with Gasteiger partial charge in [0, 0.05) is 51.0 Å². The van der Waals surface area contributed by atoms with Gasteiger partial charge in [-0.15, -0.1) is 12.4 Å². The third-order valence-corrected chi connectivity index (χ3v) is 5.04. The predicted octanol–water partition coefficient (Wildman–Crippen LogP) is 3.39. The van der Waals surface area contributed by atoms with Gasteiger partial charge in [0.1, 0.15) is 5.75 Å². The van der Waals surface area contributed by atoms with Crippen molar-refractivity contribution in [3.05, 3.63) is 59.9 Å². The van der Waals surface area contributed by atoms with Crippen LogP contribution in [0.25, 0.3) is 0 Å². The number of aromatic nitrogens is 1. The van der Waals surface area contributed by atoms with Crippen molar-refractivity contribution in [2.75, 3.05) is 39.3 Å². The second-order valence-corrected chi connectivity index (χ2v) is 7.31. The van der Waals surface area contributed by atoms with Gasteiger partial charge in [-0.2, -0.15) is 0 Å². The number of nitrogens with zero attached hydrogens (tertiary/aromatic N) is 3. The molecule has 1 amide bonds. The highest BCUT2D eigenvalue weighted by atomic mass is 35.5. The molecule has 0 saturated carbocycles. The van der Waals surface area contributed by atoms with Crippen molar-refractivity contribution in [2.45, 2.75) is 26.2 Å². The number of benzene rings is 1. The van der Waals surface area contributed by atoms with Crippen LogP contribution in [0.2, 0.25) is 0 Å². The monoisotopic (exact) mass is 403 g/mol. The molecule has 0 aliphatic carbocycles. The topological polar surface area (TPSA) is 45.7 Å². The summed E-state index contributed by atoms with van der Waals surface area (Å²) in [5, 5.41) is 0. The quantitative estimate of drug-likeness (QED) is 0.710. The van der Waals surface area contributed by atoms with Crippen LogP contribution in [0.5, 0.6) is 5.75 Å². The van der Waals surface area contributed by atoms with Crippen LogP contribution in [0.1, 0.15) is 31.0 Å². The second kappa shape index (κ2) is 11.0. The van der Waals surface area contributed by atoms with Crippen molar-refractivity contribution in [2.24, 2.45) is 0 Å². The van der Waals surface area contributed by atoms with Crippen molar-refractivity contribution < 1.29 is 9.53 Å². The summed E-state index contributed by atoms with van der Waals surface area (Å²) in [5.74, 6) is 1.31. The molecule has 2 heterocycles. The van der Waals surface area contributed by atoms with E-state index < -0.39 is 0 Å². The van der Waals surface area contributed by atoms with Gasteiger partial charge in [0.15, 0.2) is 6.61 Å². The Hall–Kier alpha value is -2.11. The minimum Gasteiger partial charge on any atom is -0.484 e. The Kier molecular flexibility index (Phi) is 8.74. The van der Waals surface area contributed by atoms with E-state index in [1.807, 2.05) is 35.4 Å². The normalized spacial score (nSPS) is 14.6. The van der Waals surface area contributed by atoms with Crippen LogP contribution in [-0.2, 0) is 11.2 Å². The van der Waals surface area contributed by atoms with E-state index in [0.717, 1.165) is 50.6 Å². The molecule has 0 spiro atoms. The number of hydrogen-bond acceptors (Lipinski definition) is 4. The summed E-state index contributed by atoms with van der Waals surface area (Å²) in [6.07, 6.45) is 2.78. The third-order valence-electron chi connectivity index (χ3n) is 5.04. The zero-order chi connectivity index (χ0) is 19.1. The lowest BCUT2D eigenvalue weighted by Crippen LogP contribution is -2.50. The van der Waals surface area contributed by atoms with Crippen LogP contribution in [0, 0.1) is 0 Å². The summed E-state index contributed by atoms with van der Waals surface area (Å²) in [5.41, 5.74) is 2.39. The maximum absolute atomic E-state index is 12.4. The molecule has 28 heavy (non-hydrogen) atoms. The molecule has 1 aliphatic rings. The molecule has 3 rings (SSSR count). The van der Waals surface area contributed by atoms with E-state index in [0.29, 0.717) is 5.92 Å². The number of rotatable bonds is 7. The Morgan fingerprint density at radius 1 is 1.07 bits per heavy atom. The molecular formula is C22H30ClN3O2. The molecule has 1 saturated heterocycles.